The molecule has 18 heavy (non-hydrogen) atoms. The molecule has 0 radical (unpaired) electrons. The average Bonchev–Trinajstić information content (AvgIpc) is 2.28. The molecule has 0 saturated carbocycles. The van der Waals surface area contributed by atoms with Gasteiger partial charge in [0.05, 0.1) is 5.75 Å². The van der Waals surface area contributed by atoms with Gasteiger partial charge in [0.25, 0.3) is 0 Å². The van der Waals surface area contributed by atoms with Gasteiger partial charge < -0.3 is 0 Å². The summed E-state index contributed by atoms with van der Waals surface area (Å²) in [6, 6.07) is 6.25. The number of halogens is 1. The van der Waals surface area contributed by atoms with Gasteiger partial charge in [0, 0.05) is 10.6 Å². The highest BCUT2D eigenvalue weighted by molar-refractivity contribution is 7.92. The summed E-state index contributed by atoms with van der Waals surface area (Å²) in [5.41, 5.74) is 0.382. The predicted molar refractivity (Wildman–Crippen MR) is 73.9 cm³/mol. The maximum absolute atomic E-state index is 11.8. The first-order valence-electron chi connectivity index (χ1n) is 5.83. The van der Waals surface area contributed by atoms with Crippen LogP contribution in [0.25, 0.3) is 0 Å². The molecule has 1 rings (SSSR count). The van der Waals surface area contributed by atoms with Crippen molar-refractivity contribution < 1.29 is 13.2 Å². The van der Waals surface area contributed by atoms with Gasteiger partial charge in [-0.2, -0.15) is 0 Å². The van der Waals surface area contributed by atoms with E-state index in [2.05, 4.69) is 0 Å². The van der Waals surface area contributed by atoms with Crippen LogP contribution in [-0.2, 0) is 9.84 Å². The van der Waals surface area contributed by atoms with Gasteiger partial charge in [0.2, 0.25) is 0 Å². The van der Waals surface area contributed by atoms with Gasteiger partial charge in [0.1, 0.15) is 5.75 Å². The molecule has 100 valence electrons. The third kappa shape index (κ3) is 4.78. The number of ketones is 1. The normalized spacial score (nSPS) is 13.3. The van der Waals surface area contributed by atoms with Crippen LogP contribution in [0, 0.1) is 5.92 Å². The van der Waals surface area contributed by atoms with E-state index in [-0.39, 0.29) is 17.5 Å². The maximum atomic E-state index is 11.8. The summed E-state index contributed by atoms with van der Waals surface area (Å²) in [4.78, 5) is 11.8. The Bertz CT molecular complexity index is 506. The predicted octanol–water partition coefficient (Wildman–Crippen LogP) is 2.98. The third-order valence-electron chi connectivity index (χ3n) is 2.75. The number of rotatable bonds is 6. The highest BCUT2D eigenvalue weighted by atomic mass is 35.5. The van der Waals surface area contributed by atoms with Gasteiger partial charge >= 0.3 is 0 Å². The Balaban J connectivity index is 2.73. The molecule has 0 aliphatic rings. The van der Waals surface area contributed by atoms with Crippen LogP contribution in [-0.4, -0.2) is 25.7 Å². The zero-order chi connectivity index (χ0) is 13.8. The summed E-state index contributed by atoms with van der Waals surface area (Å²) in [7, 11) is -3.33. The summed E-state index contributed by atoms with van der Waals surface area (Å²) >= 11 is 5.71. The number of benzene rings is 1. The fourth-order valence-electron chi connectivity index (χ4n) is 1.53. The molecule has 0 bridgehead atoms. The number of carbonyl (C=O) groups is 1. The van der Waals surface area contributed by atoms with E-state index in [0.717, 1.165) is 6.42 Å². The standard InChI is InChI=1S/C13H17ClO3S/c1-3-10(2)8-18(16,17)9-13(15)11-4-6-12(14)7-5-11/h4-7,10H,3,8-9H2,1-2H3. The minimum Gasteiger partial charge on any atom is -0.293 e. The molecule has 0 fully saturated rings. The van der Waals surface area contributed by atoms with Crippen molar-refractivity contribution in [3.63, 3.8) is 0 Å². The van der Waals surface area contributed by atoms with Crippen LogP contribution in [0.4, 0.5) is 0 Å². The van der Waals surface area contributed by atoms with Crippen molar-refractivity contribution in [1.29, 1.82) is 0 Å². The SMILES string of the molecule is CCC(C)CS(=O)(=O)CC(=O)c1ccc(Cl)cc1. The van der Waals surface area contributed by atoms with Crippen molar-refractivity contribution in [3.8, 4) is 0 Å². The molecule has 0 saturated heterocycles. The Morgan fingerprint density at radius 3 is 2.33 bits per heavy atom. The number of hydrogen-bond acceptors (Lipinski definition) is 3. The molecule has 3 nitrogen and oxygen atoms in total. The molecule has 0 heterocycles. The second-order valence-corrected chi connectivity index (χ2v) is 7.04. The van der Waals surface area contributed by atoms with Crippen LogP contribution in [0.1, 0.15) is 30.6 Å². The van der Waals surface area contributed by atoms with Crippen molar-refractivity contribution in [2.75, 3.05) is 11.5 Å². The van der Waals surface area contributed by atoms with Crippen LogP contribution in [0.3, 0.4) is 0 Å². The molecule has 0 N–H and O–H groups in total. The van der Waals surface area contributed by atoms with E-state index in [1.165, 1.54) is 0 Å². The monoisotopic (exact) mass is 288 g/mol. The smallest absolute Gasteiger partial charge is 0.177 e. The van der Waals surface area contributed by atoms with Crippen molar-refractivity contribution in [1.82, 2.24) is 0 Å². The second-order valence-electron chi connectivity index (χ2n) is 4.50. The topological polar surface area (TPSA) is 51.2 Å². The highest BCUT2D eigenvalue weighted by Crippen LogP contribution is 2.12. The first-order valence-corrected chi connectivity index (χ1v) is 8.03. The first kappa shape index (κ1) is 15.2. The van der Waals surface area contributed by atoms with Crippen LogP contribution in [0.5, 0.6) is 0 Å². The minimum absolute atomic E-state index is 0.0584. The van der Waals surface area contributed by atoms with Crippen molar-refractivity contribution in [2.45, 2.75) is 20.3 Å². The van der Waals surface area contributed by atoms with E-state index in [1.54, 1.807) is 24.3 Å². The molecule has 1 aromatic rings. The summed E-state index contributed by atoms with van der Waals surface area (Å²) in [5, 5.41) is 0.522. The molecule has 1 atom stereocenters. The molecule has 0 aliphatic carbocycles. The average molecular weight is 289 g/mol. The third-order valence-corrected chi connectivity index (χ3v) is 4.78. The van der Waals surface area contributed by atoms with E-state index < -0.39 is 15.6 Å². The lowest BCUT2D eigenvalue weighted by Gasteiger charge is -2.09. The Hall–Kier alpha value is -0.870. The summed E-state index contributed by atoms with van der Waals surface area (Å²) < 4.78 is 23.6. The zero-order valence-corrected chi connectivity index (χ0v) is 12.1. The van der Waals surface area contributed by atoms with Gasteiger partial charge in [-0.3, -0.25) is 4.79 Å². The van der Waals surface area contributed by atoms with E-state index in [1.807, 2.05) is 13.8 Å². The van der Waals surface area contributed by atoms with Crippen LogP contribution in [0.2, 0.25) is 5.02 Å². The molecule has 0 amide bonds. The van der Waals surface area contributed by atoms with Gasteiger partial charge in [-0.05, 0) is 30.2 Å². The lowest BCUT2D eigenvalue weighted by atomic mass is 10.1. The van der Waals surface area contributed by atoms with E-state index in [4.69, 9.17) is 11.6 Å². The van der Waals surface area contributed by atoms with E-state index >= 15 is 0 Å². The highest BCUT2D eigenvalue weighted by Gasteiger charge is 2.20. The molecule has 0 aromatic heterocycles. The molecule has 1 unspecified atom stereocenters. The fourth-order valence-corrected chi connectivity index (χ4v) is 3.44. The van der Waals surface area contributed by atoms with Gasteiger partial charge in [-0.1, -0.05) is 31.9 Å². The Morgan fingerprint density at radius 2 is 1.83 bits per heavy atom. The lowest BCUT2D eigenvalue weighted by molar-refractivity contribution is 0.102. The second kappa shape index (κ2) is 6.34. The number of Topliss-reactive ketones (excluding diaryl/α,β-unsaturated/α-hetero) is 1. The van der Waals surface area contributed by atoms with Crippen LogP contribution >= 0.6 is 11.6 Å². The first-order chi connectivity index (χ1) is 8.34. The number of hydrogen-bond donors (Lipinski definition) is 0. The minimum atomic E-state index is -3.33. The van der Waals surface area contributed by atoms with Crippen LogP contribution < -0.4 is 0 Å². The molecular weight excluding hydrogens is 272 g/mol. The van der Waals surface area contributed by atoms with Gasteiger partial charge in [-0.15, -0.1) is 0 Å². The summed E-state index contributed by atoms with van der Waals surface area (Å²) in [5.74, 6) is -0.676. The number of sulfone groups is 1. The van der Waals surface area contributed by atoms with Crippen molar-refractivity contribution in [3.05, 3.63) is 34.9 Å². The zero-order valence-electron chi connectivity index (χ0n) is 10.5. The van der Waals surface area contributed by atoms with Gasteiger partial charge in [0.15, 0.2) is 15.6 Å². The van der Waals surface area contributed by atoms with Gasteiger partial charge in [-0.25, -0.2) is 8.42 Å². The Kier molecular flexibility index (Phi) is 5.35. The molecule has 5 heteroatoms. The van der Waals surface area contributed by atoms with Crippen molar-refractivity contribution >= 4 is 27.2 Å². The van der Waals surface area contributed by atoms with Crippen molar-refractivity contribution in [2.24, 2.45) is 5.92 Å². The molecule has 0 spiro atoms. The maximum Gasteiger partial charge on any atom is 0.177 e. The quantitative estimate of drug-likeness (QED) is 0.756. The van der Waals surface area contributed by atoms with Crippen LogP contribution in [0.15, 0.2) is 24.3 Å². The molecule has 0 aliphatic heterocycles. The van der Waals surface area contributed by atoms with E-state index in [0.29, 0.717) is 10.6 Å². The fraction of sp³-hybridized carbons (Fsp3) is 0.462. The van der Waals surface area contributed by atoms with E-state index in [9.17, 15) is 13.2 Å². The summed E-state index contributed by atoms with van der Waals surface area (Å²) in [6.07, 6.45) is 0.786. The Morgan fingerprint density at radius 1 is 1.28 bits per heavy atom. The number of carbonyl (C=O) groups excluding carboxylic acids is 1. The lowest BCUT2D eigenvalue weighted by Crippen LogP contribution is -2.22. The largest absolute Gasteiger partial charge is 0.293 e. The molecule has 1 aromatic carbocycles. The Labute approximate surface area is 113 Å². The summed E-state index contributed by atoms with van der Waals surface area (Å²) in [6.45, 7) is 3.80. The molecular formula is C13H17ClO3S.